The molecule has 1 heterocycles. The van der Waals surface area contributed by atoms with Crippen LogP contribution in [-0.4, -0.2) is 30.9 Å². The smallest absolute Gasteiger partial charge is 0.337 e. The van der Waals surface area contributed by atoms with Crippen molar-refractivity contribution in [3.8, 4) is 0 Å². The monoisotopic (exact) mass is 344 g/mol. The Hall–Kier alpha value is -3.09. The highest BCUT2D eigenvalue weighted by atomic mass is 16.5. The predicted molar refractivity (Wildman–Crippen MR) is 91.2 cm³/mol. The lowest BCUT2D eigenvalue weighted by Gasteiger charge is -2.21. The summed E-state index contributed by atoms with van der Waals surface area (Å²) >= 11 is 0. The Morgan fingerprint density at radius 3 is 2.48 bits per heavy atom. The SMILES string of the molecule is COC(=O)c1cccc(NC(=O)C(NC(=O)c2ccco2)C(C)C)c1. The average Bonchev–Trinajstić information content (AvgIpc) is 3.13. The molecule has 0 spiro atoms. The highest BCUT2D eigenvalue weighted by Gasteiger charge is 2.25. The molecule has 7 nitrogen and oxygen atoms in total. The van der Waals surface area contributed by atoms with E-state index < -0.39 is 23.8 Å². The van der Waals surface area contributed by atoms with Crippen molar-refractivity contribution in [1.29, 1.82) is 0 Å². The minimum Gasteiger partial charge on any atom is -0.465 e. The molecular formula is C18H20N2O5. The van der Waals surface area contributed by atoms with Gasteiger partial charge in [-0.05, 0) is 36.2 Å². The quantitative estimate of drug-likeness (QED) is 0.785. The van der Waals surface area contributed by atoms with Gasteiger partial charge in [0.1, 0.15) is 6.04 Å². The fourth-order valence-corrected chi connectivity index (χ4v) is 2.22. The van der Waals surface area contributed by atoms with Gasteiger partial charge >= 0.3 is 5.97 Å². The Labute approximate surface area is 145 Å². The Morgan fingerprint density at radius 2 is 1.88 bits per heavy atom. The van der Waals surface area contributed by atoms with E-state index in [1.807, 2.05) is 13.8 Å². The number of nitrogens with one attached hydrogen (secondary N) is 2. The van der Waals surface area contributed by atoms with Gasteiger partial charge in [0, 0.05) is 5.69 Å². The summed E-state index contributed by atoms with van der Waals surface area (Å²) < 4.78 is 9.69. The van der Waals surface area contributed by atoms with E-state index in [-0.39, 0.29) is 11.7 Å². The normalized spacial score (nSPS) is 11.7. The van der Waals surface area contributed by atoms with Crippen LogP contribution in [0.15, 0.2) is 47.1 Å². The number of benzene rings is 1. The zero-order chi connectivity index (χ0) is 18.4. The molecule has 0 saturated carbocycles. The number of rotatable bonds is 6. The Morgan fingerprint density at radius 1 is 1.12 bits per heavy atom. The second kappa shape index (κ2) is 8.14. The van der Waals surface area contributed by atoms with Gasteiger partial charge in [-0.2, -0.15) is 0 Å². The molecule has 2 N–H and O–H groups in total. The summed E-state index contributed by atoms with van der Waals surface area (Å²) in [5.41, 5.74) is 0.756. The third-order valence-corrected chi connectivity index (χ3v) is 3.53. The van der Waals surface area contributed by atoms with Gasteiger partial charge in [0.25, 0.3) is 5.91 Å². The zero-order valence-electron chi connectivity index (χ0n) is 14.2. The van der Waals surface area contributed by atoms with Crippen molar-refractivity contribution >= 4 is 23.5 Å². The molecule has 2 aromatic rings. The van der Waals surface area contributed by atoms with Crippen LogP contribution in [0.25, 0.3) is 0 Å². The third-order valence-electron chi connectivity index (χ3n) is 3.53. The standard InChI is InChI=1S/C18H20N2O5/c1-11(2)15(20-16(21)14-8-5-9-25-14)17(22)19-13-7-4-6-12(10-13)18(23)24-3/h4-11,15H,1-3H3,(H,19,22)(H,20,21). The molecular weight excluding hydrogens is 324 g/mol. The molecule has 0 bridgehead atoms. The summed E-state index contributed by atoms with van der Waals surface area (Å²) in [4.78, 5) is 36.2. The zero-order valence-corrected chi connectivity index (χ0v) is 14.2. The van der Waals surface area contributed by atoms with Crippen molar-refractivity contribution in [3.05, 3.63) is 54.0 Å². The molecule has 1 aromatic heterocycles. The van der Waals surface area contributed by atoms with E-state index in [2.05, 4.69) is 15.4 Å². The number of ether oxygens (including phenoxy) is 1. The molecule has 7 heteroatoms. The van der Waals surface area contributed by atoms with Gasteiger partial charge in [-0.25, -0.2) is 4.79 Å². The summed E-state index contributed by atoms with van der Waals surface area (Å²) in [7, 11) is 1.28. The largest absolute Gasteiger partial charge is 0.465 e. The van der Waals surface area contributed by atoms with E-state index >= 15 is 0 Å². The number of carbonyl (C=O) groups is 3. The summed E-state index contributed by atoms with van der Waals surface area (Å²) in [5, 5.41) is 5.35. The van der Waals surface area contributed by atoms with E-state index in [4.69, 9.17) is 4.42 Å². The Bertz CT molecular complexity index is 753. The highest BCUT2D eigenvalue weighted by molar-refractivity contribution is 6.01. The molecule has 0 radical (unpaired) electrons. The van der Waals surface area contributed by atoms with Gasteiger partial charge in [-0.1, -0.05) is 19.9 Å². The lowest BCUT2D eigenvalue weighted by atomic mass is 10.0. The molecule has 0 saturated heterocycles. The fraction of sp³-hybridized carbons (Fsp3) is 0.278. The number of hydrogen-bond donors (Lipinski definition) is 2. The maximum Gasteiger partial charge on any atom is 0.337 e. The predicted octanol–water partition coefficient (Wildman–Crippen LogP) is 2.46. The number of amides is 2. The Balaban J connectivity index is 2.10. The van der Waals surface area contributed by atoms with Crippen LogP contribution in [0.5, 0.6) is 0 Å². The molecule has 0 fully saturated rings. The highest BCUT2D eigenvalue weighted by Crippen LogP contribution is 2.14. The van der Waals surface area contributed by atoms with Crippen LogP contribution in [0.2, 0.25) is 0 Å². The maximum atomic E-state index is 12.5. The van der Waals surface area contributed by atoms with Crippen molar-refractivity contribution in [2.75, 3.05) is 12.4 Å². The molecule has 2 rings (SSSR count). The van der Waals surface area contributed by atoms with Crippen LogP contribution in [0.1, 0.15) is 34.8 Å². The molecule has 1 atom stereocenters. The first kappa shape index (κ1) is 18.3. The minimum absolute atomic E-state index is 0.131. The number of furan rings is 1. The topological polar surface area (TPSA) is 97.6 Å². The molecule has 1 unspecified atom stereocenters. The van der Waals surface area contributed by atoms with Crippen molar-refractivity contribution < 1.29 is 23.5 Å². The van der Waals surface area contributed by atoms with Gasteiger partial charge in [0.2, 0.25) is 5.91 Å². The van der Waals surface area contributed by atoms with E-state index in [0.29, 0.717) is 11.3 Å². The molecule has 132 valence electrons. The number of hydrogen-bond acceptors (Lipinski definition) is 5. The molecule has 25 heavy (non-hydrogen) atoms. The summed E-state index contributed by atoms with van der Waals surface area (Å²) in [6.45, 7) is 3.63. The first-order valence-corrected chi connectivity index (χ1v) is 7.76. The van der Waals surface area contributed by atoms with E-state index in [1.54, 1.807) is 24.3 Å². The van der Waals surface area contributed by atoms with Gasteiger partial charge < -0.3 is 19.8 Å². The third kappa shape index (κ3) is 4.69. The molecule has 1 aromatic carbocycles. The van der Waals surface area contributed by atoms with Gasteiger partial charge in [-0.3, -0.25) is 9.59 Å². The molecule has 0 aliphatic rings. The number of anilines is 1. The van der Waals surface area contributed by atoms with Gasteiger partial charge in [0.15, 0.2) is 5.76 Å². The summed E-state index contributed by atoms with van der Waals surface area (Å²) in [5.74, 6) is -1.38. The van der Waals surface area contributed by atoms with Crippen LogP contribution in [-0.2, 0) is 9.53 Å². The van der Waals surface area contributed by atoms with Crippen LogP contribution >= 0.6 is 0 Å². The number of esters is 1. The van der Waals surface area contributed by atoms with Crippen LogP contribution < -0.4 is 10.6 Å². The minimum atomic E-state index is -0.764. The maximum absolute atomic E-state index is 12.5. The van der Waals surface area contributed by atoms with Crippen molar-refractivity contribution in [3.63, 3.8) is 0 Å². The van der Waals surface area contributed by atoms with Gasteiger partial charge in [-0.15, -0.1) is 0 Å². The lowest BCUT2D eigenvalue weighted by molar-refractivity contribution is -0.118. The van der Waals surface area contributed by atoms with Crippen molar-refractivity contribution in [1.82, 2.24) is 5.32 Å². The Kier molecular flexibility index (Phi) is 5.94. The molecule has 0 aliphatic heterocycles. The number of carbonyl (C=O) groups excluding carboxylic acids is 3. The van der Waals surface area contributed by atoms with Crippen LogP contribution in [0.3, 0.4) is 0 Å². The van der Waals surface area contributed by atoms with E-state index in [9.17, 15) is 14.4 Å². The molecule has 2 amide bonds. The lowest BCUT2D eigenvalue weighted by Crippen LogP contribution is -2.47. The summed E-state index contributed by atoms with van der Waals surface area (Å²) in [6.07, 6.45) is 1.39. The van der Waals surface area contributed by atoms with E-state index in [1.165, 1.54) is 25.5 Å². The first-order valence-electron chi connectivity index (χ1n) is 7.76. The van der Waals surface area contributed by atoms with Crippen LogP contribution in [0.4, 0.5) is 5.69 Å². The second-order valence-electron chi connectivity index (χ2n) is 5.73. The average molecular weight is 344 g/mol. The van der Waals surface area contributed by atoms with Crippen molar-refractivity contribution in [2.45, 2.75) is 19.9 Å². The first-order chi connectivity index (χ1) is 11.9. The number of methoxy groups -OCH3 is 1. The van der Waals surface area contributed by atoms with E-state index in [0.717, 1.165) is 0 Å². The fourth-order valence-electron chi connectivity index (χ4n) is 2.22. The summed E-state index contributed by atoms with van der Waals surface area (Å²) in [6, 6.07) is 8.72. The van der Waals surface area contributed by atoms with Crippen LogP contribution in [0, 0.1) is 5.92 Å². The van der Waals surface area contributed by atoms with Gasteiger partial charge in [0.05, 0.1) is 18.9 Å². The molecule has 0 aliphatic carbocycles. The van der Waals surface area contributed by atoms with Crippen molar-refractivity contribution in [2.24, 2.45) is 5.92 Å². The second-order valence-corrected chi connectivity index (χ2v) is 5.73.